The van der Waals surface area contributed by atoms with Crippen LogP contribution in [0.25, 0.3) is 32.7 Å². The van der Waals surface area contributed by atoms with Gasteiger partial charge in [-0.05, 0) is 33.1 Å². The molecule has 0 fully saturated rings. The Morgan fingerprint density at radius 2 is 1.14 bits per heavy atom. The summed E-state index contributed by atoms with van der Waals surface area (Å²) in [5.74, 6) is 0.556. The second-order valence-corrected chi connectivity index (χ2v) is 19.7. The molecule has 6 rings (SSSR count). The molecular formula is C47H64Cl2Zr-2. The standard InChI is InChI=1S/C31H37.C9H18.C7H9.2ClH.Zr/c1-28(2,3)26-16-30(7,8)24-12-18-11-19-13-25-23(15-21(19)20(18)14-22(24)26)27(29(4,5)6)17-31(25,9)10;1-3-5-7-9-8-6-4-2;1-6-3-4-7(2)5-6;;;/h11-17H,1-10H3;3-8H2,1-2H3;3,5,7H,1-2H3;2*1H;/q-1;;-1;;;+2/p-2. The zero-order valence-electron chi connectivity index (χ0n) is 33.8. The number of rotatable bonds is 6. The van der Waals surface area contributed by atoms with Gasteiger partial charge in [0.1, 0.15) is 0 Å². The molecule has 3 aliphatic carbocycles. The van der Waals surface area contributed by atoms with Crippen molar-refractivity contribution in [3.63, 3.8) is 0 Å². The van der Waals surface area contributed by atoms with Crippen LogP contribution in [0.2, 0.25) is 0 Å². The van der Waals surface area contributed by atoms with Crippen LogP contribution >= 0.6 is 0 Å². The van der Waals surface area contributed by atoms with Crippen molar-refractivity contribution in [3.05, 3.63) is 88.5 Å². The minimum absolute atomic E-state index is 0. The van der Waals surface area contributed by atoms with Crippen molar-refractivity contribution in [2.75, 3.05) is 0 Å². The first kappa shape index (κ1) is 44.8. The Bertz CT molecular complexity index is 1670. The van der Waals surface area contributed by atoms with E-state index in [1.165, 1.54) is 99.0 Å². The molecule has 0 nitrogen and oxygen atoms in total. The van der Waals surface area contributed by atoms with Crippen LogP contribution in [0.3, 0.4) is 0 Å². The number of hydrogen-bond donors (Lipinski definition) is 0. The smallest absolute Gasteiger partial charge is 1.00 e. The van der Waals surface area contributed by atoms with Gasteiger partial charge in [-0.25, -0.2) is 11.6 Å². The van der Waals surface area contributed by atoms with Crippen LogP contribution in [0.15, 0.2) is 60.2 Å². The summed E-state index contributed by atoms with van der Waals surface area (Å²) in [6.07, 6.45) is 20.7. The molecule has 0 saturated heterocycles. The summed E-state index contributed by atoms with van der Waals surface area (Å²) in [6.45, 7) is 32.2. The quantitative estimate of drug-likeness (QED) is 0.221. The molecule has 0 spiro atoms. The Hall–Kier alpha value is -1.40. The Labute approximate surface area is 334 Å². The van der Waals surface area contributed by atoms with Crippen LogP contribution in [0, 0.1) is 22.8 Å². The van der Waals surface area contributed by atoms with Gasteiger partial charge in [-0.2, -0.15) is 6.08 Å². The number of fused-ring (bicyclic) bond motifs is 5. The van der Waals surface area contributed by atoms with Crippen LogP contribution in [0.4, 0.5) is 0 Å². The van der Waals surface area contributed by atoms with E-state index >= 15 is 0 Å². The molecule has 0 aromatic heterocycles. The number of halogens is 2. The number of hydrogen-bond acceptors (Lipinski definition) is 0. The molecule has 50 heavy (non-hydrogen) atoms. The summed E-state index contributed by atoms with van der Waals surface area (Å²) in [7, 11) is 0. The van der Waals surface area contributed by atoms with Crippen LogP contribution in [0.1, 0.15) is 158 Å². The predicted octanol–water partition coefficient (Wildman–Crippen LogP) is 8.19. The molecule has 3 aliphatic rings. The molecule has 0 heterocycles. The molecule has 3 aromatic carbocycles. The summed E-state index contributed by atoms with van der Waals surface area (Å²) >= 11 is 1.67. The van der Waals surface area contributed by atoms with Gasteiger partial charge < -0.3 is 24.8 Å². The number of benzene rings is 2. The minimum Gasteiger partial charge on any atom is -1.00 e. The molecule has 0 radical (unpaired) electrons. The maximum atomic E-state index is 3.15. The molecule has 0 amide bonds. The van der Waals surface area contributed by atoms with Crippen molar-refractivity contribution >= 4 is 35.9 Å². The van der Waals surface area contributed by atoms with Crippen LogP contribution < -0.4 is 24.8 Å². The largest absolute Gasteiger partial charge is 1.00 e. The van der Waals surface area contributed by atoms with E-state index in [2.05, 4.69) is 152 Å². The first-order valence-electron chi connectivity index (χ1n) is 18.7. The van der Waals surface area contributed by atoms with Gasteiger partial charge in [0.25, 0.3) is 0 Å². The second-order valence-electron chi connectivity index (χ2n) is 18.0. The fraction of sp³-hybridized carbons (Fsp3) is 0.532. The predicted molar refractivity (Wildman–Crippen MR) is 213 cm³/mol. The van der Waals surface area contributed by atoms with Gasteiger partial charge in [0.15, 0.2) is 0 Å². The van der Waals surface area contributed by atoms with Crippen molar-refractivity contribution < 1.29 is 49.0 Å². The molecule has 272 valence electrons. The first-order valence-corrected chi connectivity index (χ1v) is 20.0. The van der Waals surface area contributed by atoms with Crippen LogP contribution in [-0.4, -0.2) is 3.21 Å². The topological polar surface area (TPSA) is 0 Å². The third-order valence-corrected chi connectivity index (χ3v) is 11.6. The third-order valence-electron chi connectivity index (χ3n) is 10.3. The maximum absolute atomic E-state index is 3.15. The third kappa shape index (κ3) is 10.2. The minimum atomic E-state index is 0. The van der Waals surface area contributed by atoms with E-state index in [4.69, 9.17) is 0 Å². The fourth-order valence-corrected chi connectivity index (χ4v) is 8.42. The van der Waals surface area contributed by atoms with E-state index in [0.717, 1.165) is 0 Å². The molecule has 1 unspecified atom stereocenters. The van der Waals surface area contributed by atoms with Gasteiger partial charge in [0, 0.05) is 10.8 Å². The molecule has 3 aromatic rings. The normalized spacial score (nSPS) is 18.1. The van der Waals surface area contributed by atoms with E-state index in [9.17, 15) is 0 Å². The van der Waals surface area contributed by atoms with Crippen LogP contribution in [0.5, 0.6) is 0 Å². The summed E-state index contributed by atoms with van der Waals surface area (Å²) < 4.78 is 1.79. The number of allylic oxidation sites excluding steroid dienone is 8. The zero-order chi connectivity index (χ0) is 35.8. The van der Waals surface area contributed by atoms with E-state index in [1.54, 1.807) is 27.4 Å². The van der Waals surface area contributed by atoms with E-state index in [1.807, 2.05) is 6.08 Å². The summed E-state index contributed by atoms with van der Waals surface area (Å²) in [5, 5.41) is 5.58. The molecule has 0 N–H and O–H groups in total. The molecule has 0 aliphatic heterocycles. The van der Waals surface area contributed by atoms with Crippen molar-refractivity contribution in [2.24, 2.45) is 16.7 Å². The Balaban J connectivity index is 0.000000379. The van der Waals surface area contributed by atoms with Crippen molar-refractivity contribution in [3.8, 4) is 0 Å². The summed E-state index contributed by atoms with van der Waals surface area (Å²) in [4.78, 5) is 0. The van der Waals surface area contributed by atoms with Gasteiger partial charge in [0.05, 0.1) is 0 Å². The monoisotopic (exact) mass is 788 g/mol. The summed E-state index contributed by atoms with van der Waals surface area (Å²) in [6, 6.07) is 12.3. The fourth-order valence-electron chi connectivity index (χ4n) is 7.55. The van der Waals surface area contributed by atoms with Crippen molar-refractivity contribution in [1.82, 2.24) is 0 Å². The van der Waals surface area contributed by atoms with Crippen molar-refractivity contribution in [1.29, 1.82) is 0 Å². The van der Waals surface area contributed by atoms with Gasteiger partial charge in [0.2, 0.25) is 0 Å². The second kappa shape index (κ2) is 17.2. The van der Waals surface area contributed by atoms with E-state index in [0.29, 0.717) is 5.92 Å². The Morgan fingerprint density at radius 3 is 1.42 bits per heavy atom. The van der Waals surface area contributed by atoms with Gasteiger partial charge in [-0.3, -0.25) is 6.08 Å². The van der Waals surface area contributed by atoms with Crippen LogP contribution in [-0.2, 0) is 35.1 Å². The van der Waals surface area contributed by atoms with Gasteiger partial charge in [-0.1, -0.05) is 117 Å². The van der Waals surface area contributed by atoms with E-state index < -0.39 is 0 Å². The molecule has 3 heteroatoms. The van der Waals surface area contributed by atoms with E-state index in [-0.39, 0.29) is 46.5 Å². The Morgan fingerprint density at radius 1 is 0.740 bits per heavy atom. The molecular weight excluding hydrogens is 727 g/mol. The molecule has 1 atom stereocenters. The SMILES string of the molecule is CC(C)(C)C1=CC(C)(C)c2cc3[cH-]c4cc5c(cc4c3cc21)C(C(C)(C)C)=CC5(C)C.CC1=CC(C)[C-]=C1.CCCC[C](=[Zr+2])CCCC.[Cl-].[Cl-]. The zero-order valence-corrected chi connectivity index (χ0v) is 37.7. The van der Waals surface area contributed by atoms with Gasteiger partial charge in [-0.15, -0.1) is 46.7 Å². The maximum Gasteiger partial charge on any atom is -1.00 e. The average molecular weight is 791 g/mol. The van der Waals surface area contributed by atoms with Crippen molar-refractivity contribution in [2.45, 2.75) is 146 Å². The summed E-state index contributed by atoms with van der Waals surface area (Å²) in [5.41, 5.74) is 10.6. The van der Waals surface area contributed by atoms with Gasteiger partial charge >= 0.3 is 79.8 Å². The Kier molecular flexibility index (Phi) is 15.4. The number of unbranched alkanes of at least 4 members (excludes halogenated alkanes) is 2. The molecule has 0 bridgehead atoms. The average Bonchev–Trinajstić information content (AvgIpc) is 3.69. The molecule has 0 saturated carbocycles. The first-order chi connectivity index (χ1) is 22.2.